The largest absolute Gasteiger partial charge is 0.326 e. The monoisotopic (exact) mass is 437 g/mol. The van der Waals surface area contributed by atoms with Crippen molar-refractivity contribution in [3.8, 4) is 11.3 Å². The summed E-state index contributed by atoms with van der Waals surface area (Å²) in [4.78, 5) is 17.1. The number of urea groups is 1. The number of fused-ring (bicyclic) bond motifs is 1. The first-order chi connectivity index (χ1) is 13.0. The number of carbonyl (C=O) groups is 1. The van der Waals surface area contributed by atoms with Crippen molar-refractivity contribution in [3.63, 3.8) is 0 Å². The number of carbonyl (C=O) groups excluding carboxylic acids is 1. The SMILES string of the molecule is O=C(Nc1ccc(Cl)cc1)Nc1nc2scc(-c3ccc(Cl)cc3Cl)n2n1. The van der Waals surface area contributed by atoms with E-state index in [4.69, 9.17) is 34.8 Å². The van der Waals surface area contributed by atoms with E-state index in [1.165, 1.54) is 11.3 Å². The van der Waals surface area contributed by atoms with Crippen LogP contribution in [0.1, 0.15) is 0 Å². The van der Waals surface area contributed by atoms with Crippen LogP contribution in [0.15, 0.2) is 47.8 Å². The Kier molecular flexibility index (Phi) is 4.92. The number of anilines is 2. The fraction of sp³-hybridized carbons (Fsp3) is 0. The molecule has 2 amide bonds. The molecular formula is C17H10Cl3N5OS. The van der Waals surface area contributed by atoms with Crippen LogP contribution < -0.4 is 10.6 Å². The van der Waals surface area contributed by atoms with Gasteiger partial charge in [-0.1, -0.05) is 34.8 Å². The van der Waals surface area contributed by atoms with Crippen molar-refractivity contribution in [1.29, 1.82) is 0 Å². The van der Waals surface area contributed by atoms with Crippen LogP contribution in [-0.2, 0) is 0 Å². The Morgan fingerprint density at radius 1 is 1.00 bits per heavy atom. The summed E-state index contributed by atoms with van der Waals surface area (Å²) in [7, 11) is 0. The number of nitrogens with one attached hydrogen (secondary N) is 2. The maximum atomic E-state index is 12.1. The van der Waals surface area contributed by atoms with Crippen LogP contribution in [-0.4, -0.2) is 20.6 Å². The summed E-state index contributed by atoms with van der Waals surface area (Å²) in [6.07, 6.45) is 0. The Hall–Kier alpha value is -2.32. The molecular weight excluding hydrogens is 429 g/mol. The molecule has 2 N–H and O–H groups in total. The van der Waals surface area contributed by atoms with E-state index in [1.54, 1.807) is 40.9 Å². The molecule has 0 atom stereocenters. The average Bonchev–Trinajstić information content (AvgIpc) is 3.17. The van der Waals surface area contributed by atoms with Gasteiger partial charge in [-0.3, -0.25) is 5.32 Å². The van der Waals surface area contributed by atoms with Crippen molar-refractivity contribution in [3.05, 3.63) is 62.9 Å². The first-order valence-corrected chi connectivity index (χ1v) is 9.64. The standard InChI is InChI=1S/C17H10Cl3N5OS/c18-9-1-4-11(5-2-9)21-16(26)22-15-23-17-25(24-15)14(8-27-17)12-6-3-10(19)7-13(12)20/h1-8H,(H2,21,22,24,26). The molecule has 0 fully saturated rings. The molecule has 0 bridgehead atoms. The van der Waals surface area contributed by atoms with Crippen LogP contribution in [0.3, 0.4) is 0 Å². The van der Waals surface area contributed by atoms with Gasteiger partial charge in [-0.05, 0) is 42.5 Å². The molecule has 4 rings (SSSR count). The normalized spacial score (nSPS) is 10.9. The molecule has 2 aromatic carbocycles. The fourth-order valence-electron chi connectivity index (χ4n) is 2.41. The molecule has 0 aliphatic heterocycles. The van der Waals surface area contributed by atoms with Crippen LogP contribution in [0.4, 0.5) is 16.4 Å². The number of aromatic nitrogens is 3. The minimum absolute atomic E-state index is 0.180. The Bertz CT molecular complexity index is 1140. The van der Waals surface area contributed by atoms with Gasteiger partial charge in [-0.15, -0.1) is 16.4 Å². The highest BCUT2D eigenvalue weighted by Crippen LogP contribution is 2.33. The number of hydrogen-bond acceptors (Lipinski definition) is 4. The van der Waals surface area contributed by atoms with Crippen molar-refractivity contribution in [2.24, 2.45) is 0 Å². The number of amides is 2. The average molecular weight is 439 g/mol. The minimum atomic E-state index is -0.457. The fourth-order valence-corrected chi connectivity index (χ4v) is 3.87. The second-order valence-electron chi connectivity index (χ2n) is 5.46. The molecule has 136 valence electrons. The van der Waals surface area contributed by atoms with Gasteiger partial charge >= 0.3 is 6.03 Å². The first kappa shape index (κ1) is 18.1. The molecule has 2 aromatic heterocycles. The highest BCUT2D eigenvalue weighted by Gasteiger charge is 2.15. The maximum Gasteiger partial charge on any atom is 0.326 e. The van der Waals surface area contributed by atoms with Crippen LogP contribution in [0.25, 0.3) is 16.2 Å². The third-order valence-electron chi connectivity index (χ3n) is 3.62. The lowest BCUT2D eigenvalue weighted by Gasteiger charge is -2.05. The lowest BCUT2D eigenvalue weighted by Crippen LogP contribution is -2.20. The molecule has 6 nitrogen and oxygen atoms in total. The van der Waals surface area contributed by atoms with E-state index in [-0.39, 0.29) is 5.95 Å². The molecule has 0 spiro atoms. The predicted octanol–water partition coefficient (Wildman–Crippen LogP) is 6.06. The van der Waals surface area contributed by atoms with Crippen LogP contribution in [0, 0.1) is 0 Å². The summed E-state index contributed by atoms with van der Waals surface area (Å²) in [5.41, 5.74) is 2.14. The van der Waals surface area contributed by atoms with Crippen molar-refractivity contribution >= 4 is 68.8 Å². The zero-order valence-electron chi connectivity index (χ0n) is 13.4. The molecule has 0 saturated carbocycles. The molecule has 0 unspecified atom stereocenters. The van der Waals surface area contributed by atoms with Crippen LogP contribution in [0.5, 0.6) is 0 Å². The molecule has 0 aliphatic rings. The summed E-state index contributed by atoms with van der Waals surface area (Å²) in [6, 6.07) is 11.5. The lowest BCUT2D eigenvalue weighted by molar-refractivity contribution is 0.262. The summed E-state index contributed by atoms with van der Waals surface area (Å²) >= 11 is 19.5. The number of hydrogen-bond donors (Lipinski definition) is 2. The first-order valence-electron chi connectivity index (χ1n) is 7.63. The van der Waals surface area contributed by atoms with Gasteiger partial charge in [0.15, 0.2) is 0 Å². The summed E-state index contributed by atoms with van der Waals surface area (Å²) in [5.74, 6) is 0.180. The van der Waals surface area contributed by atoms with E-state index in [9.17, 15) is 4.79 Å². The smallest absolute Gasteiger partial charge is 0.308 e. The highest BCUT2D eigenvalue weighted by atomic mass is 35.5. The van der Waals surface area contributed by atoms with Gasteiger partial charge in [0, 0.05) is 26.7 Å². The second kappa shape index (κ2) is 7.36. The molecule has 0 radical (unpaired) electrons. The van der Waals surface area contributed by atoms with E-state index < -0.39 is 6.03 Å². The van der Waals surface area contributed by atoms with Gasteiger partial charge in [0.25, 0.3) is 5.95 Å². The van der Waals surface area contributed by atoms with E-state index >= 15 is 0 Å². The summed E-state index contributed by atoms with van der Waals surface area (Å²) in [6.45, 7) is 0. The van der Waals surface area contributed by atoms with E-state index in [0.717, 1.165) is 11.3 Å². The van der Waals surface area contributed by atoms with Gasteiger partial charge in [0.2, 0.25) is 4.96 Å². The van der Waals surface area contributed by atoms with Gasteiger partial charge < -0.3 is 5.32 Å². The van der Waals surface area contributed by atoms with Crippen molar-refractivity contribution in [2.75, 3.05) is 10.6 Å². The molecule has 2 heterocycles. The van der Waals surface area contributed by atoms with E-state index in [2.05, 4.69) is 20.7 Å². The Morgan fingerprint density at radius 2 is 1.74 bits per heavy atom. The second-order valence-corrected chi connectivity index (χ2v) is 7.58. The maximum absolute atomic E-state index is 12.1. The van der Waals surface area contributed by atoms with Gasteiger partial charge in [0.05, 0.1) is 10.7 Å². The van der Waals surface area contributed by atoms with E-state index in [1.807, 2.05) is 11.4 Å². The highest BCUT2D eigenvalue weighted by molar-refractivity contribution is 7.15. The number of thiazole rings is 1. The Morgan fingerprint density at radius 3 is 2.48 bits per heavy atom. The van der Waals surface area contributed by atoms with Gasteiger partial charge in [0.1, 0.15) is 0 Å². The van der Waals surface area contributed by atoms with Crippen LogP contribution in [0.2, 0.25) is 15.1 Å². The minimum Gasteiger partial charge on any atom is -0.308 e. The zero-order valence-corrected chi connectivity index (χ0v) is 16.5. The van der Waals surface area contributed by atoms with E-state index in [0.29, 0.717) is 25.7 Å². The molecule has 0 saturated heterocycles. The predicted molar refractivity (Wildman–Crippen MR) is 110 cm³/mol. The number of nitrogens with zero attached hydrogens (tertiary/aromatic N) is 3. The number of benzene rings is 2. The van der Waals surface area contributed by atoms with Crippen molar-refractivity contribution < 1.29 is 4.79 Å². The van der Waals surface area contributed by atoms with Crippen LogP contribution >= 0.6 is 46.1 Å². The quantitative estimate of drug-likeness (QED) is 0.408. The molecule has 0 aliphatic carbocycles. The molecule has 4 aromatic rings. The summed E-state index contributed by atoms with van der Waals surface area (Å²) in [5, 5.41) is 13.2. The van der Waals surface area contributed by atoms with Crippen molar-refractivity contribution in [1.82, 2.24) is 14.6 Å². The molecule has 10 heteroatoms. The number of halogens is 3. The van der Waals surface area contributed by atoms with Crippen molar-refractivity contribution in [2.45, 2.75) is 0 Å². The zero-order chi connectivity index (χ0) is 19.0. The van der Waals surface area contributed by atoms with Gasteiger partial charge in [-0.2, -0.15) is 4.98 Å². The Balaban J connectivity index is 1.56. The third-order valence-corrected chi connectivity index (χ3v) is 5.23. The summed E-state index contributed by atoms with van der Waals surface area (Å²) < 4.78 is 1.62. The lowest BCUT2D eigenvalue weighted by atomic mass is 10.2. The Labute approximate surface area is 172 Å². The third kappa shape index (κ3) is 3.86. The number of rotatable bonds is 3. The van der Waals surface area contributed by atoms with Gasteiger partial charge in [-0.25, -0.2) is 9.31 Å². The topological polar surface area (TPSA) is 71.3 Å². The molecule has 27 heavy (non-hydrogen) atoms.